The Hall–Kier alpha value is -2.66. The molecule has 25 heavy (non-hydrogen) atoms. The number of rotatable bonds is 3. The van der Waals surface area contributed by atoms with Crippen LogP contribution >= 0.6 is 11.3 Å². The highest BCUT2D eigenvalue weighted by molar-refractivity contribution is 7.08. The summed E-state index contributed by atoms with van der Waals surface area (Å²) in [6, 6.07) is 13.8. The Balaban J connectivity index is 1.85. The van der Waals surface area contributed by atoms with Gasteiger partial charge >= 0.3 is 0 Å². The second kappa shape index (κ2) is 6.33. The maximum atomic E-state index is 12.9. The van der Waals surface area contributed by atoms with Crippen molar-refractivity contribution < 1.29 is 9.53 Å². The summed E-state index contributed by atoms with van der Waals surface area (Å²) in [5.41, 5.74) is 2.93. The van der Waals surface area contributed by atoms with E-state index in [1.807, 2.05) is 29.0 Å². The van der Waals surface area contributed by atoms with E-state index in [1.54, 1.807) is 6.20 Å². The predicted octanol–water partition coefficient (Wildman–Crippen LogP) is 3.91. The average Bonchev–Trinajstić information content (AvgIpc) is 3.17. The number of hydrogen-bond donors (Lipinski definition) is 1. The summed E-state index contributed by atoms with van der Waals surface area (Å²) in [6.45, 7) is 2.58. The number of aryl methyl sites for hydroxylation is 1. The Morgan fingerprint density at radius 1 is 1.24 bits per heavy atom. The molecule has 5 heteroatoms. The molecule has 3 aromatic rings. The van der Waals surface area contributed by atoms with Gasteiger partial charge in [0.25, 0.3) is 5.91 Å². The molecule has 4 rings (SSSR count). The Kier molecular flexibility index (Phi) is 4.01. The number of aromatic nitrogens is 1. The van der Waals surface area contributed by atoms with E-state index in [-0.39, 0.29) is 5.91 Å². The van der Waals surface area contributed by atoms with Crippen LogP contribution in [0, 0.1) is 6.92 Å². The van der Waals surface area contributed by atoms with Gasteiger partial charge in [0, 0.05) is 18.0 Å². The first-order valence-corrected chi connectivity index (χ1v) is 9.13. The third-order valence-corrected chi connectivity index (χ3v) is 5.25. The van der Waals surface area contributed by atoms with Crippen molar-refractivity contribution in [3.63, 3.8) is 0 Å². The molecule has 126 valence electrons. The molecule has 0 spiro atoms. The number of nitrogens with one attached hydrogen (secondary N) is 1. The molecular weight excluding hydrogens is 332 g/mol. The van der Waals surface area contributed by atoms with Crippen molar-refractivity contribution in [2.75, 3.05) is 6.61 Å². The summed E-state index contributed by atoms with van der Waals surface area (Å²) in [5.74, 6) is 0.625. The fourth-order valence-electron chi connectivity index (χ4n) is 3.23. The summed E-state index contributed by atoms with van der Waals surface area (Å²) in [5, 5.41) is 7.02. The van der Waals surface area contributed by atoms with E-state index < -0.39 is 5.54 Å². The lowest BCUT2D eigenvalue weighted by atomic mass is 9.81. The van der Waals surface area contributed by atoms with Gasteiger partial charge in [0.15, 0.2) is 0 Å². The van der Waals surface area contributed by atoms with Crippen LogP contribution < -0.4 is 10.1 Å². The van der Waals surface area contributed by atoms with Crippen molar-refractivity contribution in [3.05, 3.63) is 81.8 Å². The summed E-state index contributed by atoms with van der Waals surface area (Å²) in [4.78, 5) is 17.4. The van der Waals surface area contributed by atoms with Gasteiger partial charge in [0.05, 0.1) is 12.2 Å². The van der Waals surface area contributed by atoms with Gasteiger partial charge in [-0.3, -0.25) is 9.78 Å². The lowest BCUT2D eigenvalue weighted by molar-refractivity contribution is 0.0884. The van der Waals surface area contributed by atoms with Gasteiger partial charge in [-0.25, -0.2) is 0 Å². The lowest BCUT2D eigenvalue weighted by Crippen LogP contribution is -2.50. The highest BCUT2D eigenvalue weighted by Crippen LogP contribution is 2.40. The van der Waals surface area contributed by atoms with Gasteiger partial charge in [-0.05, 0) is 36.1 Å². The molecule has 0 radical (unpaired) electrons. The molecular formula is C20H18N2O2S. The average molecular weight is 350 g/mol. The van der Waals surface area contributed by atoms with Gasteiger partial charge < -0.3 is 10.1 Å². The van der Waals surface area contributed by atoms with Crippen molar-refractivity contribution in [3.8, 4) is 5.75 Å². The van der Waals surface area contributed by atoms with Crippen LogP contribution in [0.5, 0.6) is 5.75 Å². The Morgan fingerprint density at radius 2 is 2.08 bits per heavy atom. The van der Waals surface area contributed by atoms with Crippen LogP contribution in [-0.2, 0) is 5.54 Å². The Labute approximate surface area is 150 Å². The molecule has 1 aromatic carbocycles. The van der Waals surface area contributed by atoms with Crippen LogP contribution in [0.4, 0.5) is 0 Å². The van der Waals surface area contributed by atoms with Crippen molar-refractivity contribution in [1.29, 1.82) is 0 Å². The third kappa shape index (κ3) is 2.81. The van der Waals surface area contributed by atoms with Gasteiger partial charge in [-0.15, -0.1) is 0 Å². The summed E-state index contributed by atoms with van der Waals surface area (Å²) in [7, 11) is 0. The monoisotopic (exact) mass is 350 g/mol. The van der Waals surface area contributed by atoms with E-state index in [1.165, 1.54) is 16.9 Å². The molecule has 0 aliphatic carbocycles. The zero-order valence-electron chi connectivity index (χ0n) is 13.9. The van der Waals surface area contributed by atoms with Crippen molar-refractivity contribution in [2.24, 2.45) is 0 Å². The summed E-state index contributed by atoms with van der Waals surface area (Å²) >= 11 is 1.51. The largest absolute Gasteiger partial charge is 0.491 e. The second-order valence-corrected chi connectivity index (χ2v) is 6.97. The van der Waals surface area contributed by atoms with E-state index in [2.05, 4.69) is 41.5 Å². The van der Waals surface area contributed by atoms with Crippen LogP contribution in [0.1, 0.15) is 33.6 Å². The SMILES string of the molecule is Cc1ccc([C@@]2(NC(=O)c3ccsc3)CCOc3cccnc32)cc1. The number of nitrogens with zero attached hydrogens (tertiary/aromatic N) is 1. The van der Waals surface area contributed by atoms with Crippen molar-refractivity contribution in [2.45, 2.75) is 18.9 Å². The number of pyridine rings is 1. The molecule has 0 saturated heterocycles. The fourth-order valence-corrected chi connectivity index (χ4v) is 3.87. The quantitative estimate of drug-likeness (QED) is 0.779. The number of fused-ring (bicyclic) bond motifs is 1. The molecule has 1 N–H and O–H groups in total. The fraction of sp³-hybridized carbons (Fsp3) is 0.200. The summed E-state index contributed by atoms with van der Waals surface area (Å²) < 4.78 is 5.78. The first-order valence-electron chi connectivity index (χ1n) is 8.19. The third-order valence-electron chi connectivity index (χ3n) is 4.56. The lowest BCUT2D eigenvalue weighted by Gasteiger charge is -2.39. The number of carbonyl (C=O) groups excluding carboxylic acids is 1. The van der Waals surface area contributed by atoms with E-state index in [9.17, 15) is 4.79 Å². The Bertz CT molecular complexity index is 890. The van der Waals surface area contributed by atoms with E-state index >= 15 is 0 Å². The summed E-state index contributed by atoms with van der Waals surface area (Å²) in [6.07, 6.45) is 2.38. The molecule has 1 atom stereocenters. The molecule has 4 nitrogen and oxygen atoms in total. The molecule has 3 heterocycles. The molecule has 0 fully saturated rings. The zero-order valence-corrected chi connectivity index (χ0v) is 14.7. The number of ether oxygens (including phenoxy) is 1. The van der Waals surface area contributed by atoms with E-state index in [0.717, 1.165) is 17.0 Å². The minimum absolute atomic E-state index is 0.0969. The molecule has 0 saturated carbocycles. The number of thiophene rings is 1. The zero-order chi connectivity index (χ0) is 17.3. The molecule has 2 aromatic heterocycles. The van der Waals surface area contributed by atoms with Crippen LogP contribution in [0.3, 0.4) is 0 Å². The smallest absolute Gasteiger partial charge is 0.253 e. The maximum absolute atomic E-state index is 12.9. The van der Waals surface area contributed by atoms with E-state index in [4.69, 9.17) is 4.74 Å². The first-order chi connectivity index (χ1) is 12.2. The molecule has 1 amide bonds. The number of benzene rings is 1. The minimum atomic E-state index is -0.693. The number of carbonyl (C=O) groups is 1. The van der Waals surface area contributed by atoms with Gasteiger partial charge in [-0.2, -0.15) is 11.3 Å². The van der Waals surface area contributed by atoms with Crippen molar-refractivity contribution in [1.82, 2.24) is 10.3 Å². The maximum Gasteiger partial charge on any atom is 0.253 e. The van der Waals surface area contributed by atoms with Crippen molar-refractivity contribution >= 4 is 17.2 Å². The topological polar surface area (TPSA) is 51.2 Å². The first kappa shape index (κ1) is 15.8. The number of amides is 1. The van der Waals surface area contributed by atoms with Crippen LogP contribution in [-0.4, -0.2) is 17.5 Å². The highest BCUT2D eigenvalue weighted by atomic mass is 32.1. The second-order valence-electron chi connectivity index (χ2n) is 6.19. The molecule has 0 bridgehead atoms. The molecule has 1 aliphatic heterocycles. The van der Waals surface area contributed by atoms with Crippen LogP contribution in [0.25, 0.3) is 0 Å². The highest BCUT2D eigenvalue weighted by Gasteiger charge is 2.42. The van der Waals surface area contributed by atoms with Crippen LogP contribution in [0.2, 0.25) is 0 Å². The normalized spacial score (nSPS) is 18.9. The standard InChI is InChI=1S/C20H18N2O2S/c1-14-4-6-16(7-5-14)20(22-19(23)15-8-12-25-13-15)9-11-24-17-3-2-10-21-18(17)20/h2-8,10,12-13H,9,11H2,1H3,(H,22,23)/t20-/m0/s1. The number of hydrogen-bond acceptors (Lipinski definition) is 4. The van der Waals surface area contributed by atoms with Crippen LogP contribution in [0.15, 0.2) is 59.4 Å². The minimum Gasteiger partial charge on any atom is -0.491 e. The van der Waals surface area contributed by atoms with Gasteiger partial charge in [0.1, 0.15) is 17.0 Å². The van der Waals surface area contributed by atoms with Gasteiger partial charge in [0.2, 0.25) is 0 Å². The van der Waals surface area contributed by atoms with Gasteiger partial charge in [-0.1, -0.05) is 29.8 Å². The van der Waals surface area contributed by atoms with E-state index in [0.29, 0.717) is 18.6 Å². The molecule has 1 aliphatic rings. The molecule has 0 unspecified atom stereocenters. The predicted molar refractivity (Wildman–Crippen MR) is 98.1 cm³/mol. The Morgan fingerprint density at radius 3 is 2.84 bits per heavy atom.